The Kier molecular flexibility index (Phi) is 10.8. The first-order valence-corrected chi connectivity index (χ1v) is 17.9. The lowest BCUT2D eigenvalue weighted by Crippen LogP contribution is -2.74. The number of nitrogens with one attached hydrogen (secondary N) is 1. The number of alkyl halides is 3. The number of halogens is 3. The molecule has 0 saturated carbocycles. The minimum Gasteiger partial charge on any atom is -0.381 e. The molecule has 0 aliphatic carbocycles. The smallest absolute Gasteiger partial charge is 0.272 e. The number of rotatable bonds is 9. The molecule has 11 heteroatoms. The van der Waals surface area contributed by atoms with Gasteiger partial charge in [-0.15, -0.1) is 6.58 Å². The Morgan fingerprint density at radius 3 is 2.00 bits per heavy atom. The summed E-state index contributed by atoms with van der Waals surface area (Å²) in [6.45, 7) is 10.7. The lowest BCUT2D eigenvalue weighted by atomic mass is 9.95. The van der Waals surface area contributed by atoms with E-state index in [1.54, 1.807) is 6.08 Å². The lowest BCUT2D eigenvalue weighted by Gasteiger charge is -2.53. The summed E-state index contributed by atoms with van der Waals surface area (Å²) in [5, 5.41) is 4.56. The number of ether oxygens (including phenoxy) is 4. The summed E-state index contributed by atoms with van der Waals surface area (Å²) in [4.78, 5) is 13.3. The van der Waals surface area contributed by atoms with Gasteiger partial charge in [0, 0.05) is 5.56 Å². The van der Waals surface area contributed by atoms with E-state index in [1.807, 2.05) is 66.7 Å². The highest BCUT2D eigenvalue weighted by molar-refractivity contribution is 6.99. The zero-order chi connectivity index (χ0) is 32.2. The van der Waals surface area contributed by atoms with Gasteiger partial charge in [0.15, 0.2) is 12.6 Å². The molecule has 7 nitrogen and oxygen atoms in total. The van der Waals surface area contributed by atoms with Crippen LogP contribution in [0.1, 0.15) is 32.6 Å². The summed E-state index contributed by atoms with van der Waals surface area (Å²) in [6.07, 6.45) is -2.12. The molecule has 2 aliphatic heterocycles. The van der Waals surface area contributed by atoms with Crippen molar-refractivity contribution < 1.29 is 28.2 Å². The Morgan fingerprint density at radius 1 is 0.933 bits per heavy atom. The number of carbonyl (C=O) groups is 1. The number of amides is 1. The number of carbonyl (C=O) groups excluding carboxylic acids is 1. The van der Waals surface area contributed by atoms with E-state index in [9.17, 15) is 4.79 Å². The Bertz CT molecular complexity index is 1380. The van der Waals surface area contributed by atoms with Crippen molar-refractivity contribution in [2.45, 2.75) is 66.5 Å². The normalized spacial score (nSPS) is 25.6. The standard InChI is InChI=1S/C34H38Cl3NO6Si/c1-5-21-40-29-27(38-32(39)34(35,36)37)31(42-26-22-41-30(43-28(26)29)23-15-9-6-10-16-23)44-45(33(2,3)4,24-17-11-7-12-18-24)25-19-13-8-14-20-25/h5-20,26-31H,1,21-22H2,2-4H3,(H,38,39)/t26-,27-,28+,29-,30+,31+/m1/s1. The predicted molar refractivity (Wildman–Crippen MR) is 180 cm³/mol. The van der Waals surface area contributed by atoms with Crippen molar-refractivity contribution in [2.75, 3.05) is 13.2 Å². The summed E-state index contributed by atoms with van der Waals surface area (Å²) in [5.41, 5.74) is 0.839. The van der Waals surface area contributed by atoms with Crippen LogP contribution in [-0.4, -0.2) is 61.9 Å². The van der Waals surface area contributed by atoms with Gasteiger partial charge in [-0.3, -0.25) is 4.79 Å². The number of benzene rings is 3. The highest BCUT2D eigenvalue weighted by Crippen LogP contribution is 2.42. The second kappa shape index (κ2) is 14.3. The van der Waals surface area contributed by atoms with Crippen molar-refractivity contribution in [3.63, 3.8) is 0 Å². The fourth-order valence-electron chi connectivity index (χ4n) is 6.08. The molecule has 0 aromatic heterocycles. The van der Waals surface area contributed by atoms with Gasteiger partial charge < -0.3 is 28.7 Å². The Labute approximate surface area is 280 Å². The molecule has 240 valence electrons. The van der Waals surface area contributed by atoms with Gasteiger partial charge in [-0.25, -0.2) is 0 Å². The van der Waals surface area contributed by atoms with Crippen LogP contribution in [0.25, 0.3) is 0 Å². The second-order valence-corrected chi connectivity index (χ2v) is 18.6. The Balaban J connectivity index is 1.61. The van der Waals surface area contributed by atoms with Gasteiger partial charge in [0.1, 0.15) is 24.4 Å². The highest BCUT2D eigenvalue weighted by atomic mass is 35.6. The van der Waals surface area contributed by atoms with Crippen LogP contribution in [0.15, 0.2) is 104 Å². The van der Waals surface area contributed by atoms with Crippen LogP contribution >= 0.6 is 34.8 Å². The molecule has 0 unspecified atom stereocenters. The average molecular weight is 691 g/mol. The Hall–Kier alpha value is -2.24. The van der Waals surface area contributed by atoms with E-state index in [0.717, 1.165) is 15.9 Å². The van der Waals surface area contributed by atoms with E-state index in [1.165, 1.54) is 0 Å². The molecule has 5 rings (SSSR count). The van der Waals surface area contributed by atoms with Crippen molar-refractivity contribution >= 4 is 59.4 Å². The summed E-state index contributed by atoms with van der Waals surface area (Å²) < 4.78 is 30.9. The van der Waals surface area contributed by atoms with Gasteiger partial charge in [0.05, 0.1) is 13.2 Å². The molecule has 0 bridgehead atoms. The predicted octanol–water partition coefficient (Wildman–Crippen LogP) is 5.83. The number of hydrogen-bond acceptors (Lipinski definition) is 6. The largest absolute Gasteiger partial charge is 0.381 e. The monoisotopic (exact) mass is 689 g/mol. The third-order valence-corrected chi connectivity index (χ3v) is 13.6. The highest BCUT2D eigenvalue weighted by Gasteiger charge is 2.58. The van der Waals surface area contributed by atoms with Crippen molar-refractivity contribution in [3.8, 4) is 0 Å². The Morgan fingerprint density at radius 2 is 1.49 bits per heavy atom. The molecule has 3 aromatic rings. The van der Waals surface area contributed by atoms with E-state index >= 15 is 0 Å². The van der Waals surface area contributed by atoms with Crippen molar-refractivity contribution in [1.82, 2.24) is 5.32 Å². The molecule has 2 fully saturated rings. The van der Waals surface area contributed by atoms with Crippen LogP contribution < -0.4 is 15.7 Å². The molecule has 0 spiro atoms. The van der Waals surface area contributed by atoms with Crippen LogP contribution in [-0.2, 0) is 28.2 Å². The third-order valence-electron chi connectivity index (χ3n) is 8.08. The quantitative estimate of drug-likeness (QED) is 0.173. The van der Waals surface area contributed by atoms with Crippen LogP contribution in [0.5, 0.6) is 0 Å². The van der Waals surface area contributed by atoms with Crippen molar-refractivity contribution in [3.05, 3.63) is 109 Å². The first kappa shape index (κ1) is 34.1. The molecule has 45 heavy (non-hydrogen) atoms. The topological polar surface area (TPSA) is 75.3 Å². The van der Waals surface area contributed by atoms with E-state index in [4.69, 9.17) is 58.2 Å². The number of fused-ring (bicyclic) bond motifs is 1. The number of hydrogen-bond donors (Lipinski definition) is 1. The maximum absolute atomic E-state index is 13.3. The zero-order valence-corrected chi connectivity index (χ0v) is 28.7. The lowest BCUT2D eigenvalue weighted by molar-refractivity contribution is -0.338. The fraction of sp³-hybridized carbons (Fsp3) is 0.382. The van der Waals surface area contributed by atoms with E-state index in [0.29, 0.717) is 0 Å². The molecule has 0 radical (unpaired) electrons. The molecule has 1 N–H and O–H groups in total. The molecule has 1 amide bonds. The van der Waals surface area contributed by atoms with Crippen molar-refractivity contribution in [2.24, 2.45) is 0 Å². The minimum atomic E-state index is -3.19. The zero-order valence-electron chi connectivity index (χ0n) is 25.4. The first-order valence-electron chi connectivity index (χ1n) is 14.8. The summed E-state index contributed by atoms with van der Waals surface area (Å²) in [5.74, 6) is -0.838. The van der Waals surface area contributed by atoms with E-state index in [2.05, 4.69) is 56.9 Å². The van der Waals surface area contributed by atoms with Gasteiger partial charge >= 0.3 is 0 Å². The molecular formula is C34H38Cl3NO6Si. The maximum Gasteiger partial charge on any atom is 0.272 e. The first-order chi connectivity index (χ1) is 21.5. The van der Waals surface area contributed by atoms with Crippen LogP contribution in [0.4, 0.5) is 0 Å². The summed E-state index contributed by atoms with van der Waals surface area (Å²) in [6, 6.07) is 28.9. The van der Waals surface area contributed by atoms with Gasteiger partial charge in [-0.05, 0) is 15.4 Å². The van der Waals surface area contributed by atoms with Gasteiger partial charge in [0.25, 0.3) is 18.0 Å². The molecule has 2 heterocycles. The SMILES string of the molecule is C=CCO[C@@H]1[C@@H](NC(=O)C(Cl)(Cl)Cl)[C@H](O[Si](c2ccccc2)(c2ccccc2)C(C)(C)C)O[C@@H]2CO[C@H](c3ccccc3)O[C@H]12. The van der Waals surface area contributed by atoms with Gasteiger partial charge in [-0.2, -0.15) is 0 Å². The van der Waals surface area contributed by atoms with Crippen LogP contribution in [0.3, 0.4) is 0 Å². The summed E-state index contributed by atoms with van der Waals surface area (Å²) >= 11 is 18.2. The maximum atomic E-state index is 13.3. The fourth-order valence-corrected chi connectivity index (χ4v) is 10.8. The van der Waals surface area contributed by atoms with Crippen LogP contribution in [0.2, 0.25) is 5.04 Å². The van der Waals surface area contributed by atoms with Gasteiger partial charge in [-0.1, -0.05) is 153 Å². The van der Waals surface area contributed by atoms with Crippen molar-refractivity contribution in [1.29, 1.82) is 0 Å². The van der Waals surface area contributed by atoms with E-state index < -0.39 is 60.0 Å². The molecule has 2 aliphatic rings. The molecule has 6 atom stereocenters. The summed E-state index contributed by atoms with van der Waals surface area (Å²) in [7, 11) is -3.19. The second-order valence-electron chi connectivity index (χ2n) is 12.1. The van der Waals surface area contributed by atoms with Crippen LogP contribution in [0, 0.1) is 0 Å². The molecule has 2 saturated heterocycles. The van der Waals surface area contributed by atoms with Gasteiger partial charge in [0.2, 0.25) is 0 Å². The third kappa shape index (κ3) is 7.35. The molecular weight excluding hydrogens is 653 g/mol. The van der Waals surface area contributed by atoms with E-state index in [-0.39, 0.29) is 13.2 Å². The molecule has 3 aromatic carbocycles. The minimum absolute atomic E-state index is 0.167. The average Bonchev–Trinajstić information content (AvgIpc) is 3.03.